The van der Waals surface area contributed by atoms with Gasteiger partial charge in [-0.15, -0.1) is 0 Å². The lowest BCUT2D eigenvalue weighted by Crippen LogP contribution is -2.48. The van der Waals surface area contributed by atoms with Crippen LogP contribution in [0.4, 0.5) is 5.95 Å². The number of hydrogen-bond acceptors (Lipinski definition) is 6. The van der Waals surface area contributed by atoms with Crippen LogP contribution in [0.5, 0.6) is 0 Å². The Kier molecular flexibility index (Phi) is 5.99. The summed E-state index contributed by atoms with van der Waals surface area (Å²) < 4.78 is 0. The molecule has 0 atom stereocenters. The Morgan fingerprint density at radius 3 is 2.20 bits per heavy atom. The number of hydrogen-bond donors (Lipinski definition) is 0. The second-order valence-electron chi connectivity index (χ2n) is 7.37. The zero-order chi connectivity index (χ0) is 21.1. The number of carbonyl (C=O) groups is 2. The van der Waals surface area contributed by atoms with E-state index in [1.807, 2.05) is 11.8 Å². The predicted octanol–water partition coefficient (Wildman–Crippen LogP) is 2.83. The highest BCUT2D eigenvalue weighted by molar-refractivity contribution is 6.36. The SMILES string of the molecule is CCCCN1C(=O)C(c2ccc(Cl)cc2)=C(N2CCN(c3ncccn3)CC2)C1=O. The Morgan fingerprint density at radius 2 is 1.57 bits per heavy atom. The summed E-state index contributed by atoms with van der Waals surface area (Å²) in [5.41, 5.74) is 1.69. The quantitative estimate of drug-likeness (QED) is 0.663. The molecule has 1 aromatic carbocycles. The van der Waals surface area contributed by atoms with Crippen molar-refractivity contribution < 1.29 is 9.59 Å². The Balaban J connectivity index is 1.62. The maximum Gasteiger partial charge on any atom is 0.277 e. The lowest BCUT2D eigenvalue weighted by Gasteiger charge is -2.36. The number of aromatic nitrogens is 2. The van der Waals surface area contributed by atoms with Crippen molar-refractivity contribution >= 4 is 34.9 Å². The van der Waals surface area contributed by atoms with E-state index in [0.717, 1.165) is 18.4 Å². The van der Waals surface area contributed by atoms with Gasteiger partial charge in [-0.05, 0) is 30.2 Å². The van der Waals surface area contributed by atoms with E-state index in [2.05, 4.69) is 14.9 Å². The van der Waals surface area contributed by atoms with Crippen LogP contribution in [0.3, 0.4) is 0 Å². The van der Waals surface area contributed by atoms with Crippen LogP contribution in [0, 0.1) is 0 Å². The standard InChI is InChI=1S/C22H24ClN5O2/c1-2-3-11-28-20(29)18(16-5-7-17(23)8-6-16)19(21(28)30)26-12-14-27(15-13-26)22-24-9-4-10-25-22/h4-10H,2-3,11-15H2,1H3. The minimum absolute atomic E-state index is 0.206. The fourth-order valence-electron chi connectivity index (χ4n) is 3.84. The van der Waals surface area contributed by atoms with Crippen molar-refractivity contribution in [3.63, 3.8) is 0 Å². The minimum atomic E-state index is -0.223. The molecule has 2 amide bonds. The molecule has 0 N–H and O–H groups in total. The molecule has 0 unspecified atom stereocenters. The summed E-state index contributed by atoms with van der Waals surface area (Å²) in [5, 5.41) is 0.594. The van der Waals surface area contributed by atoms with Crippen LogP contribution >= 0.6 is 11.6 Å². The molecule has 0 aliphatic carbocycles. The summed E-state index contributed by atoms with van der Waals surface area (Å²) >= 11 is 6.03. The first kappa shape index (κ1) is 20.3. The minimum Gasteiger partial charge on any atom is -0.363 e. The van der Waals surface area contributed by atoms with Crippen molar-refractivity contribution in [2.24, 2.45) is 0 Å². The third-order valence-corrected chi connectivity index (χ3v) is 5.69. The van der Waals surface area contributed by atoms with E-state index in [0.29, 0.717) is 55.0 Å². The third kappa shape index (κ3) is 3.89. The Bertz CT molecular complexity index is 953. The lowest BCUT2D eigenvalue weighted by atomic mass is 10.0. The van der Waals surface area contributed by atoms with Gasteiger partial charge in [-0.3, -0.25) is 14.5 Å². The molecule has 0 saturated carbocycles. The molecule has 156 valence electrons. The molecule has 30 heavy (non-hydrogen) atoms. The first-order chi connectivity index (χ1) is 14.6. The van der Waals surface area contributed by atoms with E-state index in [-0.39, 0.29) is 11.8 Å². The van der Waals surface area contributed by atoms with Gasteiger partial charge in [0.1, 0.15) is 5.70 Å². The third-order valence-electron chi connectivity index (χ3n) is 5.44. The smallest absolute Gasteiger partial charge is 0.277 e. The zero-order valence-electron chi connectivity index (χ0n) is 16.9. The van der Waals surface area contributed by atoms with Gasteiger partial charge in [-0.2, -0.15) is 0 Å². The molecule has 7 nitrogen and oxygen atoms in total. The number of carbonyl (C=O) groups excluding carboxylic acids is 2. The predicted molar refractivity (Wildman–Crippen MR) is 116 cm³/mol. The average molecular weight is 426 g/mol. The number of benzene rings is 1. The van der Waals surface area contributed by atoms with E-state index in [1.54, 1.807) is 42.7 Å². The molecular formula is C22H24ClN5O2. The van der Waals surface area contributed by atoms with Gasteiger partial charge in [0.05, 0.1) is 5.57 Å². The molecule has 0 spiro atoms. The first-order valence-electron chi connectivity index (χ1n) is 10.2. The molecule has 8 heteroatoms. The second-order valence-corrected chi connectivity index (χ2v) is 7.81. The van der Waals surface area contributed by atoms with Crippen molar-refractivity contribution in [2.75, 3.05) is 37.6 Å². The average Bonchev–Trinajstić information content (AvgIpc) is 3.03. The van der Waals surface area contributed by atoms with E-state index in [9.17, 15) is 9.59 Å². The fraction of sp³-hybridized carbons (Fsp3) is 0.364. The van der Waals surface area contributed by atoms with Crippen LogP contribution < -0.4 is 4.90 Å². The van der Waals surface area contributed by atoms with Crippen LogP contribution in [0.2, 0.25) is 5.02 Å². The van der Waals surface area contributed by atoms with Gasteiger partial charge in [-0.25, -0.2) is 9.97 Å². The molecule has 0 radical (unpaired) electrons. The molecule has 1 aromatic heterocycles. The van der Waals surface area contributed by atoms with Crippen LogP contribution in [0.15, 0.2) is 48.4 Å². The van der Waals surface area contributed by atoms with Gasteiger partial charge >= 0.3 is 0 Å². The van der Waals surface area contributed by atoms with E-state index in [4.69, 9.17) is 11.6 Å². The molecule has 0 bridgehead atoms. The van der Waals surface area contributed by atoms with Gasteiger partial charge in [0.2, 0.25) is 5.95 Å². The first-order valence-corrected chi connectivity index (χ1v) is 10.6. The lowest BCUT2D eigenvalue weighted by molar-refractivity contribution is -0.137. The summed E-state index contributed by atoms with van der Waals surface area (Å²) in [7, 11) is 0. The van der Waals surface area contributed by atoms with Gasteiger partial charge < -0.3 is 9.80 Å². The number of imide groups is 1. The van der Waals surface area contributed by atoms with Crippen molar-refractivity contribution in [3.8, 4) is 0 Å². The topological polar surface area (TPSA) is 69.6 Å². The molecule has 1 saturated heterocycles. The summed E-state index contributed by atoms with van der Waals surface area (Å²) in [6, 6.07) is 8.90. The summed E-state index contributed by atoms with van der Waals surface area (Å²) in [6.07, 6.45) is 5.15. The molecule has 3 heterocycles. The highest BCUT2D eigenvalue weighted by Gasteiger charge is 2.41. The highest BCUT2D eigenvalue weighted by Crippen LogP contribution is 2.33. The summed E-state index contributed by atoms with van der Waals surface area (Å²) in [6.45, 7) is 5.07. The monoisotopic (exact) mass is 425 g/mol. The number of piperazine rings is 1. The molecule has 2 aliphatic rings. The Morgan fingerprint density at radius 1 is 0.933 bits per heavy atom. The maximum atomic E-state index is 13.3. The van der Waals surface area contributed by atoms with E-state index < -0.39 is 0 Å². The Labute approximate surface area is 181 Å². The highest BCUT2D eigenvalue weighted by atomic mass is 35.5. The van der Waals surface area contributed by atoms with E-state index >= 15 is 0 Å². The zero-order valence-corrected chi connectivity index (χ0v) is 17.7. The summed E-state index contributed by atoms with van der Waals surface area (Å²) in [5.74, 6) is 0.254. The number of unbranched alkanes of at least 4 members (excludes halogenated alkanes) is 1. The summed E-state index contributed by atoms with van der Waals surface area (Å²) in [4.78, 5) is 40.6. The largest absolute Gasteiger partial charge is 0.363 e. The molecular weight excluding hydrogens is 402 g/mol. The van der Waals surface area contributed by atoms with E-state index in [1.165, 1.54) is 4.90 Å². The van der Waals surface area contributed by atoms with Crippen LogP contribution in [-0.2, 0) is 9.59 Å². The number of halogens is 1. The van der Waals surface area contributed by atoms with Gasteiger partial charge in [0.15, 0.2) is 0 Å². The number of nitrogens with zero attached hydrogens (tertiary/aromatic N) is 5. The number of anilines is 1. The van der Waals surface area contributed by atoms with Crippen molar-refractivity contribution in [1.29, 1.82) is 0 Å². The van der Waals surface area contributed by atoms with Crippen molar-refractivity contribution in [3.05, 3.63) is 59.0 Å². The van der Waals surface area contributed by atoms with Crippen LogP contribution in [0.25, 0.3) is 5.57 Å². The van der Waals surface area contributed by atoms with Crippen LogP contribution in [0.1, 0.15) is 25.3 Å². The molecule has 2 aliphatic heterocycles. The van der Waals surface area contributed by atoms with Gasteiger partial charge in [0, 0.05) is 50.1 Å². The maximum absolute atomic E-state index is 13.3. The number of rotatable bonds is 6. The normalized spacial score (nSPS) is 17.3. The Hall–Kier alpha value is -2.93. The fourth-order valence-corrected chi connectivity index (χ4v) is 3.96. The van der Waals surface area contributed by atoms with Gasteiger partial charge in [0.25, 0.3) is 11.8 Å². The van der Waals surface area contributed by atoms with Crippen LogP contribution in [-0.4, -0.2) is 64.3 Å². The molecule has 4 rings (SSSR count). The molecule has 1 fully saturated rings. The van der Waals surface area contributed by atoms with Crippen molar-refractivity contribution in [2.45, 2.75) is 19.8 Å². The molecule has 2 aromatic rings. The second kappa shape index (κ2) is 8.83. The van der Waals surface area contributed by atoms with Gasteiger partial charge in [-0.1, -0.05) is 37.1 Å². The van der Waals surface area contributed by atoms with Crippen molar-refractivity contribution in [1.82, 2.24) is 19.8 Å². The number of amides is 2.